The van der Waals surface area contributed by atoms with E-state index in [2.05, 4.69) is 34.0 Å². The zero-order chi connectivity index (χ0) is 34.8. The number of likely N-dealkylation sites (N-methyl/N-ethyl adjacent to an activating group) is 2. The number of aliphatic imine (C=N–C) groups is 1. The van der Waals surface area contributed by atoms with Crippen LogP contribution in [0.4, 0.5) is 11.4 Å². The Morgan fingerprint density at radius 3 is 2.14 bits per heavy atom. The third-order valence-corrected chi connectivity index (χ3v) is 10.1. The predicted octanol–water partition coefficient (Wildman–Crippen LogP) is 6.94. The molecule has 2 aliphatic carbocycles. The van der Waals surface area contributed by atoms with Crippen LogP contribution in [0.25, 0.3) is 5.57 Å². The molecule has 0 radical (unpaired) electrons. The van der Waals surface area contributed by atoms with Gasteiger partial charge in [-0.3, -0.25) is 14.4 Å². The van der Waals surface area contributed by atoms with Gasteiger partial charge >= 0.3 is 0 Å². The molecule has 3 aromatic rings. The van der Waals surface area contributed by atoms with Crippen LogP contribution >= 0.6 is 0 Å². The number of hydrogen-bond acceptors (Lipinski definition) is 6. The number of Topliss-reactive ketones (excluding diaryl/α,β-unsaturated/α-hetero) is 1. The number of aliphatic hydroxyl groups is 1. The Labute approximate surface area is 293 Å². The maximum Gasteiger partial charge on any atom is 0.246 e. The summed E-state index contributed by atoms with van der Waals surface area (Å²) in [7, 11) is 0. The summed E-state index contributed by atoms with van der Waals surface area (Å²) in [6.45, 7) is 7.50. The van der Waals surface area contributed by atoms with Crippen molar-refractivity contribution in [2.75, 3.05) is 36.4 Å². The molecular weight excluding hydrogens is 624 g/mol. The van der Waals surface area contributed by atoms with Crippen molar-refractivity contribution in [1.29, 1.82) is 0 Å². The number of aryl methyl sites for hydroxylation is 2. The molecule has 3 aromatic carbocycles. The Morgan fingerprint density at radius 1 is 0.820 bits per heavy atom. The molecule has 2 aliphatic heterocycles. The predicted molar refractivity (Wildman–Crippen MR) is 198 cm³/mol. The van der Waals surface area contributed by atoms with Crippen LogP contribution in [0.15, 0.2) is 118 Å². The molecule has 0 spiro atoms. The van der Waals surface area contributed by atoms with Gasteiger partial charge in [0.1, 0.15) is 5.76 Å². The average Bonchev–Trinajstić information content (AvgIpc) is 3.73. The maximum absolute atomic E-state index is 14.2. The van der Waals surface area contributed by atoms with Gasteiger partial charge in [-0.15, -0.1) is 0 Å². The third-order valence-electron chi connectivity index (χ3n) is 10.1. The molecule has 0 aromatic heterocycles. The number of anilines is 2. The summed E-state index contributed by atoms with van der Waals surface area (Å²) in [6, 6.07) is 23.5. The molecule has 0 atom stereocenters. The lowest BCUT2D eigenvalue weighted by molar-refractivity contribution is -0.118. The molecular formula is C42H42N4O4. The maximum atomic E-state index is 14.2. The highest BCUT2D eigenvalue weighted by atomic mass is 16.3. The van der Waals surface area contributed by atoms with Crippen LogP contribution in [0, 0.1) is 0 Å². The first-order valence-corrected chi connectivity index (χ1v) is 17.7. The molecule has 1 saturated heterocycles. The first-order chi connectivity index (χ1) is 24.3. The number of carbonyl (C=O) groups is 3. The van der Waals surface area contributed by atoms with Gasteiger partial charge in [0, 0.05) is 61.5 Å². The highest BCUT2D eigenvalue weighted by molar-refractivity contribution is 6.42. The lowest BCUT2D eigenvalue weighted by atomic mass is 9.77. The fourth-order valence-electron chi connectivity index (χ4n) is 7.36. The van der Waals surface area contributed by atoms with Gasteiger partial charge in [0.05, 0.1) is 22.5 Å². The number of nitrogens with zero attached hydrogens (tertiary/aromatic N) is 3. The van der Waals surface area contributed by atoms with Gasteiger partial charge < -0.3 is 20.2 Å². The number of carbonyl (C=O) groups excluding carboxylic acids is 3. The molecule has 2 N–H and O–H groups in total. The Bertz CT molecular complexity index is 2020. The van der Waals surface area contributed by atoms with E-state index in [1.54, 1.807) is 0 Å². The molecule has 1 fully saturated rings. The second-order valence-corrected chi connectivity index (χ2v) is 13.1. The second-order valence-electron chi connectivity index (χ2n) is 13.1. The molecule has 2 amide bonds. The first-order valence-electron chi connectivity index (χ1n) is 17.7. The Morgan fingerprint density at radius 2 is 1.48 bits per heavy atom. The number of likely N-dealkylation sites (tertiary alicyclic amines) is 1. The van der Waals surface area contributed by atoms with Crippen molar-refractivity contribution in [3.63, 3.8) is 0 Å². The van der Waals surface area contributed by atoms with Crippen LogP contribution < -0.4 is 10.2 Å². The molecule has 0 bridgehead atoms. The summed E-state index contributed by atoms with van der Waals surface area (Å²) < 4.78 is 0. The molecule has 8 heteroatoms. The van der Waals surface area contributed by atoms with Crippen LogP contribution in [-0.4, -0.2) is 59.5 Å². The summed E-state index contributed by atoms with van der Waals surface area (Å²) in [5, 5.41) is 14.8. The summed E-state index contributed by atoms with van der Waals surface area (Å²) in [4.78, 5) is 49.7. The molecule has 254 valence electrons. The largest absolute Gasteiger partial charge is 0.506 e. The smallest absolute Gasteiger partial charge is 0.246 e. The lowest BCUT2D eigenvalue weighted by Gasteiger charge is -2.28. The van der Waals surface area contributed by atoms with E-state index in [9.17, 15) is 19.5 Å². The Balaban J connectivity index is 1.24. The van der Waals surface area contributed by atoms with E-state index in [4.69, 9.17) is 0 Å². The van der Waals surface area contributed by atoms with Crippen LogP contribution in [0.1, 0.15) is 55.4 Å². The number of benzene rings is 3. The lowest BCUT2D eigenvalue weighted by Crippen LogP contribution is -2.27. The molecule has 4 aliphatic rings. The zero-order valence-corrected chi connectivity index (χ0v) is 28.7. The summed E-state index contributed by atoms with van der Waals surface area (Å²) >= 11 is 0. The summed E-state index contributed by atoms with van der Waals surface area (Å²) in [6.07, 6.45) is 7.07. The quantitative estimate of drug-likeness (QED) is 0.228. The van der Waals surface area contributed by atoms with Crippen molar-refractivity contribution in [2.24, 2.45) is 4.99 Å². The zero-order valence-electron chi connectivity index (χ0n) is 28.7. The number of amides is 2. The number of fused-ring (bicyclic) bond motifs is 2. The van der Waals surface area contributed by atoms with Crippen LogP contribution in [0.2, 0.25) is 0 Å². The van der Waals surface area contributed by atoms with Gasteiger partial charge in [-0.1, -0.05) is 60.7 Å². The monoisotopic (exact) mass is 666 g/mol. The van der Waals surface area contributed by atoms with E-state index < -0.39 is 0 Å². The van der Waals surface area contributed by atoms with E-state index in [-0.39, 0.29) is 47.3 Å². The topological polar surface area (TPSA) is 102 Å². The normalized spacial score (nSPS) is 18.9. The van der Waals surface area contributed by atoms with Gasteiger partial charge in [0.15, 0.2) is 0 Å². The molecule has 0 saturated carbocycles. The number of hydrogen-bond donors (Lipinski definition) is 2. The van der Waals surface area contributed by atoms with E-state index in [0.717, 1.165) is 72.7 Å². The highest BCUT2D eigenvalue weighted by Crippen LogP contribution is 2.45. The molecule has 0 unspecified atom stereocenters. The first kappa shape index (κ1) is 33.0. The van der Waals surface area contributed by atoms with Gasteiger partial charge in [-0.05, 0) is 86.1 Å². The van der Waals surface area contributed by atoms with Crippen molar-refractivity contribution in [3.8, 4) is 0 Å². The fourth-order valence-corrected chi connectivity index (χ4v) is 7.36. The SMILES string of the molecule is CCN1CCC2=C/C(=C3/C(=O)C(c4cc5c(cc4NC(=O)CCc4ccccc4)N(CC)CC5)=C3O)C(=NC(=O)CCc3ccccc3)C=C21. The van der Waals surface area contributed by atoms with E-state index in [1.807, 2.05) is 84.9 Å². The minimum Gasteiger partial charge on any atom is -0.506 e. The Kier molecular flexibility index (Phi) is 9.35. The number of allylic oxidation sites excluding steroid dienone is 6. The van der Waals surface area contributed by atoms with E-state index >= 15 is 0 Å². The minimum atomic E-state index is -0.328. The minimum absolute atomic E-state index is 0.140. The third kappa shape index (κ3) is 6.45. The summed E-state index contributed by atoms with van der Waals surface area (Å²) in [5.41, 5.74) is 8.48. The molecule has 8 nitrogen and oxygen atoms in total. The standard InChI is InChI=1S/C42H42N4O4/c1-3-45-21-19-29-23-31(33(25-35(29)45)43-37(47)17-15-27-11-7-5-8-12-27)39-41(49)40(42(39)50)32-24-30-20-22-46(4-2)36(30)26-34(32)44-38(48)18-16-28-13-9-6-10-14-28/h5-14,23-26,49H,3-4,15-22H2,1-2H3,(H,43,47)/b40-32-,44-34?. The van der Waals surface area contributed by atoms with Crippen molar-refractivity contribution in [2.45, 2.75) is 52.4 Å². The van der Waals surface area contributed by atoms with Crippen LogP contribution in [0.5, 0.6) is 0 Å². The van der Waals surface area contributed by atoms with Crippen molar-refractivity contribution in [1.82, 2.24) is 4.90 Å². The number of rotatable bonds is 10. The van der Waals surface area contributed by atoms with Crippen molar-refractivity contribution >= 4 is 40.3 Å². The summed E-state index contributed by atoms with van der Waals surface area (Å²) in [5.74, 6) is -0.919. The Hall–Kier alpha value is -5.50. The van der Waals surface area contributed by atoms with E-state index in [0.29, 0.717) is 35.4 Å². The van der Waals surface area contributed by atoms with Gasteiger partial charge in [-0.2, -0.15) is 0 Å². The number of aliphatic hydroxyl groups excluding tert-OH is 1. The molecule has 50 heavy (non-hydrogen) atoms. The van der Waals surface area contributed by atoms with Crippen LogP contribution in [0.3, 0.4) is 0 Å². The number of ketones is 1. The number of nitrogens with one attached hydrogen (secondary N) is 1. The van der Waals surface area contributed by atoms with E-state index in [1.165, 1.54) is 0 Å². The second kappa shape index (κ2) is 14.2. The average molecular weight is 667 g/mol. The molecule has 7 rings (SSSR count). The van der Waals surface area contributed by atoms with Gasteiger partial charge in [-0.25, -0.2) is 4.99 Å². The molecule has 2 heterocycles. The highest BCUT2D eigenvalue weighted by Gasteiger charge is 2.41. The van der Waals surface area contributed by atoms with Gasteiger partial charge in [0.25, 0.3) is 0 Å². The van der Waals surface area contributed by atoms with Crippen LogP contribution in [-0.2, 0) is 33.6 Å². The van der Waals surface area contributed by atoms with Gasteiger partial charge in [0.2, 0.25) is 17.6 Å². The van der Waals surface area contributed by atoms with Crippen molar-refractivity contribution < 1.29 is 19.5 Å². The fraction of sp³-hybridized carbons (Fsp3) is 0.286. The van der Waals surface area contributed by atoms with Crippen molar-refractivity contribution in [3.05, 3.63) is 135 Å².